The van der Waals surface area contributed by atoms with Gasteiger partial charge in [0.25, 0.3) is 0 Å². The Morgan fingerprint density at radius 3 is 1.68 bits per heavy atom. The van der Waals surface area contributed by atoms with Gasteiger partial charge in [0, 0.05) is 39.0 Å². The lowest BCUT2D eigenvalue weighted by Crippen LogP contribution is -2.42. The second-order valence-corrected chi connectivity index (χ2v) is 11.5. The molecule has 0 aromatic rings. The Morgan fingerprint density at radius 1 is 0.610 bits per heavy atom. The highest BCUT2D eigenvalue weighted by atomic mass is 16.2. The second-order valence-electron chi connectivity index (χ2n) is 11.5. The summed E-state index contributed by atoms with van der Waals surface area (Å²) in [5, 5.41) is 5.88. The van der Waals surface area contributed by atoms with E-state index in [0.717, 1.165) is 51.4 Å². The van der Waals surface area contributed by atoms with Crippen molar-refractivity contribution in [3.63, 3.8) is 0 Å². The largest absolute Gasteiger partial charge is 0.356 e. The SMILES string of the molecule is CCCCCCCCCCCCCC(=O)N(CCCNC(=O)CCCCCN)CCCNC(=O)[C@@H](N)CCCCN. The standard InChI is InChI=1S/C32H66N6O3/c1-2-3-4-5-6-7-8-9-10-11-14-22-31(40)38(27-18-25-36-30(39)21-13-12-16-23-33)28-19-26-37-32(41)29(35)20-15-17-24-34/h29H,2-28,33-35H2,1H3,(H,36,39)(H,37,41)/t29-/m0/s1. The third kappa shape index (κ3) is 25.7. The lowest BCUT2D eigenvalue weighted by atomic mass is 10.1. The molecule has 0 saturated carbocycles. The van der Waals surface area contributed by atoms with Gasteiger partial charge in [0.05, 0.1) is 6.04 Å². The maximum Gasteiger partial charge on any atom is 0.236 e. The van der Waals surface area contributed by atoms with Gasteiger partial charge in [0.15, 0.2) is 0 Å². The molecule has 242 valence electrons. The minimum atomic E-state index is -0.515. The zero-order chi connectivity index (χ0) is 30.4. The summed E-state index contributed by atoms with van der Waals surface area (Å²) < 4.78 is 0. The first kappa shape index (κ1) is 39.3. The fraction of sp³-hybridized carbons (Fsp3) is 0.906. The van der Waals surface area contributed by atoms with E-state index in [0.29, 0.717) is 65.0 Å². The summed E-state index contributed by atoms with van der Waals surface area (Å²) in [6, 6.07) is -0.515. The molecule has 0 aliphatic rings. The Bertz CT molecular complexity index is 635. The molecule has 0 unspecified atom stereocenters. The van der Waals surface area contributed by atoms with Gasteiger partial charge in [-0.05, 0) is 58.0 Å². The van der Waals surface area contributed by atoms with Crippen molar-refractivity contribution in [1.29, 1.82) is 0 Å². The van der Waals surface area contributed by atoms with Crippen molar-refractivity contribution in [2.24, 2.45) is 17.2 Å². The van der Waals surface area contributed by atoms with Gasteiger partial charge in [0.2, 0.25) is 17.7 Å². The lowest BCUT2D eigenvalue weighted by molar-refractivity contribution is -0.131. The Balaban J connectivity index is 4.36. The highest BCUT2D eigenvalue weighted by Crippen LogP contribution is 2.13. The second kappa shape index (κ2) is 29.8. The number of hydrogen-bond acceptors (Lipinski definition) is 6. The van der Waals surface area contributed by atoms with Crippen LogP contribution in [0.4, 0.5) is 0 Å². The van der Waals surface area contributed by atoms with Crippen molar-refractivity contribution in [3.8, 4) is 0 Å². The monoisotopic (exact) mass is 583 g/mol. The number of nitrogens with zero attached hydrogens (tertiary/aromatic N) is 1. The molecule has 0 radical (unpaired) electrons. The van der Waals surface area contributed by atoms with Crippen LogP contribution in [0.5, 0.6) is 0 Å². The molecule has 9 nitrogen and oxygen atoms in total. The number of nitrogens with one attached hydrogen (secondary N) is 2. The molecule has 0 aliphatic carbocycles. The van der Waals surface area contributed by atoms with Crippen LogP contribution in [-0.4, -0.2) is 67.9 Å². The van der Waals surface area contributed by atoms with Crippen LogP contribution < -0.4 is 27.8 Å². The van der Waals surface area contributed by atoms with Crippen molar-refractivity contribution in [3.05, 3.63) is 0 Å². The van der Waals surface area contributed by atoms with Crippen LogP contribution in [0, 0.1) is 0 Å². The van der Waals surface area contributed by atoms with E-state index in [-0.39, 0.29) is 17.7 Å². The van der Waals surface area contributed by atoms with Crippen LogP contribution in [0.15, 0.2) is 0 Å². The van der Waals surface area contributed by atoms with Crippen molar-refractivity contribution < 1.29 is 14.4 Å². The summed E-state index contributed by atoms with van der Waals surface area (Å²) in [6.45, 7) is 5.77. The van der Waals surface area contributed by atoms with E-state index >= 15 is 0 Å². The van der Waals surface area contributed by atoms with Crippen molar-refractivity contribution in [2.75, 3.05) is 39.3 Å². The Labute approximate surface area is 251 Å². The number of carbonyl (C=O) groups is 3. The Kier molecular flexibility index (Phi) is 28.5. The number of amides is 3. The lowest BCUT2D eigenvalue weighted by Gasteiger charge is -2.23. The van der Waals surface area contributed by atoms with Crippen molar-refractivity contribution in [1.82, 2.24) is 15.5 Å². The molecular formula is C32H66N6O3. The molecular weight excluding hydrogens is 516 g/mol. The molecule has 0 aromatic heterocycles. The highest BCUT2D eigenvalue weighted by molar-refractivity contribution is 5.81. The molecule has 0 saturated heterocycles. The molecule has 0 aromatic carbocycles. The predicted octanol–water partition coefficient (Wildman–Crippen LogP) is 4.50. The summed E-state index contributed by atoms with van der Waals surface area (Å²) in [6.07, 6.45) is 21.4. The van der Waals surface area contributed by atoms with Crippen LogP contribution in [0.25, 0.3) is 0 Å². The summed E-state index contributed by atoms with van der Waals surface area (Å²) in [4.78, 5) is 39.2. The van der Waals surface area contributed by atoms with Gasteiger partial charge in [0.1, 0.15) is 0 Å². The summed E-state index contributed by atoms with van der Waals surface area (Å²) in [7, 11) is 0. The first-order chi connectivity index (χ1) is 20.0. The normalized spacial score (nSPS) is 11.8. The predicted molar refractivity (Wildman–Crippen MR) is 171 cm³/mol. The molecule has 41 heavy (non-hydrogen) atoms. The van der Waals surface area contributed by atoms with Gasteiger partial charge in [-0.2, -0.15) is 0 Å². The van der Waals surface area contributed by atoms with Crippen LogP contribution >= 0.6 is 0 Å². The van der Waals surface area contributed by atoms with E-state index in [1.165, 1.54) is 57.8 Å². The van der Waals surface area contributed by atoms with Gasteiger partial charge in [-0.15, -0.1) is 0 Å². The van der Waals surface area contributed by atoms with Crippen LogP contribution in [-0.2, 0) is 14.4 Å². The number of hydrogen-bond donors (Lipinski definition) is 5. The van der Waals surface area contributed by atoms with E-state index in [2.05, 4.69) is 17.6 Å². The zero-order valence-corrected chi connectivity index (χ0v) is 26.6. The molecule has 8 N–H and O–H groups in total. The fourth-order valence-corrected chi connectivity index (χ4v) is 4.90. The average molecular weight is 583 g/mol. The number of rotatable bonds is 30. The third-order valence-electron chi connectivity index (χ3n) is 7.59. The summed E-state index contributed by atoms with van der Waals surface area (Å²) in [5.74, 6) is 0.0836. The number of carbonyl (C=O) groups excluding carboxylic acids is 3. The number of unbranched alkanes of at least 4 members (excludes halogenated alkanes) is 13. The molecule has 0 heterocycles. The molecule has 0 bridgehead atoms. The molecule has 9 heteroatoms. The van der Waals surface area contributed by atoms with Gasteiger partial charge in [-0.1, -0.05) is 84.0 Å². The van der Waals surface area contributed by atoms with Crippen molar-refractivity contribution >= 4 is 17.7 Å². The maximum atomic E-state index is 13.0. The molecule has 0 rings (SSSR count). The first-order valence-electron chi connectivity index (χ1n) is 16.9. The smallest absolute Gasteiger partial charge is 0.236 e. The Hall–Kier alpha value is -1.71. The van der Waals surface area contributed by atoms with Gasteiger partial charge in [-0.3, -0.25) is 14.4 Å². The van der Waals surface area contributed by atoms with E-state index < -0.39 is 6.04 Å². The molecule has 0 aliphatic heterocycles. The number of nitrogens with two attached hydrogens (primary N) is 3. The summed E-state index contributed by atoms with van der Waals surface area (Å²) in [5.41, 5.74) is 17.0. The average Bonchev–Trinajstić information content (AvgIpc) is 2.97. The van der Waals surface area contributed by atoms with E-state index in [4.69, 9.17) is 17.2 Å². The minimum absolute atomic E-state index is 0.0615. The Morgan fingerprint density at radius 2 is 1.10 bits per heavy atom. The van der Waals surface area contributed by atoms with Crippen LogP contribution in [0.3, 0.4) is 0 Å². The highest BCUT2D eigenvalue weighted by Gasteiger charge is 2.15. The molecule has 0 spiro atoms. The van der Waals surface area contributed by atoms with E-state index in [1.54, 1.807) is 0 Å². The third-order valence-corrected chi connectivity index (χ3v) is 7.59. The van der Waals surface area contributed by atoms with E-state index in [9.17, 15) is 14.4 Å². The van der Waals surface area contributed by atoms with E-state index in [1.807, 2.05) is 4.90 Å². The molecule has 3 amide bonds. The quantitative estimate of drug-likeness (QED) is 0.0785. The topological polar surface area (TPSA) is 157 Å². The summed E-state index contributed by atoms with van der Waals surface area (Å²) >= 11 is 0. The first-order valence-corrected chi connectivity index (χ1v) is 16.9. The van der Waals surface area contributed by atoms with Gasteiger partial charge in [-0.25, -0.2) is 0 Å². The van der Waals surface area contributed by atoms with Crippen LogP contribution in [0.2, 0.25) is 0 Å². The zero-order valence-electron chi connectivity index (χ0n) is 26.6. The van der Waals surface area contributed by atoms with Crippen LogP contribution in [0.1, 0.15) is 142 Å². The van der Waals surface area contributed by atoms with Crippen molar-refractivity contribution in [2.45, 2.75) is 148 Å². The molecule has 1 atom stereocenters. The minimum Gasteiger partial charge on any atom is -0.356 e. The fourth-order valence-electron chi connectivity index (χ4n) is 4.90. The van der Waals surface area contributed by atoms with Gasteiger partial charge >= 0.3 is 0 Å². The molecule has 0 fully saturated rings. The maximum absolute atomic E-state index is 13.0. The van der Waals surface area contributed by atoms with Gasteiger partial charge < -0.3 is 32.7 Å².